The maximum absolute atomic E-state index is 12.0. The fourth-order valence-electron chi connectivity index (χ4n) is 3.37. The molecule has 0 saturated heterocycles. The second kappa shape index (κ2) is 21.3. The van der Waals surface area contributed by atoms with Crippen molar-refractivity contribution in [3.63, 3.8) is 0 Å². The van der Waals surface area contributed by atoms with Gasteiger partial charge in [-0.25, -0.2) is 4.57 Å². The van der Waals surface area contributed by atoms with Gasteiger partial charge in [0.15, 0.2) is 0 Å². The van der Waals surface area contributed by atoms with E-state index in [1.54, 1.807) is 0 Å². The van der Waals surface area contributed by atoms with Gasteiger partial charge in [-0.15, -0.1) is 0 Å². The van der Waals surface area contributed by atoms with Gasteiger partial charge >= 0.3 is 7.82 Å². The van der Waals surface area contributed by atoms with Crippen LogP contribution in [0.5, 0.6) is 0 Å². The summed E-state index contributed by atoms with van der Waals surface area (Å²) in [6, 6.07) is 0. The molecule has 0 amide bonds. The zero-order valence-electron chi connectivity index (χ0n) is 19.7. The molecule has 0 spiro atoms. The van der Waals surface area contributed by atoms with Gasteiger partial charge in [-0.3, -0.25) is 9.05 Å². The summed E-state index contributed by atoms with van der Waals surface area (Å²) in [5.41, 5.74) is 0. The Kier molecular flexibility index (Phi) is 21.4. The normalized spacial score (nSPS) is 13.8. The van der Waals surface area contributed by atoms with Gasteiger partial charge in [0, 0.05) is 6.54 Å². The van der Waals surface area contributed by atoms with Gasteiger partial charge in [0.25, 0.3) is 0 Å². The van der Waals surface area contributed by atoms with Crippen LogP contribution in [0.25, 0.3) is 0 Å². The highest BCUT2D eigenvalue weighted by atomic mass is 31.2. The van der Waals surface area contributed by atoms with Crippen molar-refractivity contribution >= 4 is 7.82 Å². The minimum Gasteiger partial charge on any atom is -0.302 e. The van der Waals surface area contributed by atoms with E-state index in [0.29, 0.717) is 13.2 Å². The van der Waals surface area contributed by atoms with Gasteiger partial charge in [0.05, 0.1) is 13.2 Å². The highest BCUT2D eigenvalue weighted by Gasteiger charge is 2.20. The number of unbranched alkanes of at least 4 members (excludes halogenated alkanes) is 12. The van der Waals surface area contributed by atoms with Crippen molar-refractivity contribution in [3.8, 4) is 0 Å². The molecular weight excluding hydrogens is 385 g/mol. The van der Waals surface area contributed by atoms with Crippen molar-refractivity contribution in [2.75, 3.05) is 32.8 Å². The molecule has 5 nitrogen and oxygen atoms in total. The highest BCUT2D eigenvalue weighted by molar-refractivity contribution is 7.47. The third-order valence-electron chi connectivity index (χ3n) is 5.32. The number of phosphoric acid groups is 1. The molecule has 0 fully saturated rings. The SMILES string of the molecule is CCCCCCCCCCCCCOP(=O)(O)OCCN(CCCC)CCCC. The first-order chi connectivity index (χ1) is 14.1. The van der Waals surface area contributed by atoms with E-state index in [0.717, 1.165) is 51.6 Å². The highest BCUT2D eigenvalue weighted by Crippen LogP contribution is 2.43. The lowest BCUT2D eigenvalue weighted by molar-refractivity contribution is 0.128. The van der Waals surface area contributed by atoms with Gasteiger partial charge in [0.1, 0.15) is 0 Å². The van der Waals surface area contributed by atoms with Crippen molar-refractivity contribution in [2.24, 2.45) is 0 Å². The van der Waals surface area contributed by atoms with E-state index in [9.17, 15) is 9.46 Å². The molecule has 1 unspecified atom stereocenters. The Balaban J connectivity index is 3.63. The Labute approximate surface area is 181 Å². The number of nitrogens with zero attached hydrogens (tertiary/aromatic N) is 1. The zero-order valence-corrected chi connectivity index (χ0v) is 20.6. The van der Waals surface area contributed by atoms with Crippen molar-refractivity contribution in [3.05, 3.63) is 0 Å². The van der Waals surface area contributed by atoms with E-state index in [2.05, 4.69) is 25.7 Å². The number of hydrogen-bond donors (Lipinski definition) is 1. The summed E-state index contributed by atoms with van der Waals surface area (Å²) in [6.07, 6.45) is 18.4. The average Bonchev–Trinajstić information content (AvgIpc) is 2.70. The van der Waals surface area contributed by atoms with E-state index in [1.807, 2.05) is 0 Å². The van der Waals surface area contributed by atoms with Crippen LogP contribution >= 0.6 is 7.82 Å². The zero-order chi connectivity index (χ0) is 21.6. The van der Waals surface area contributed by atoms with E-state index in [4.69, 9.17) is 9.05 Å². The van der Waals surface area contributed by atoms with Crippen LogP contribution in [0.3, 0.4) is 0 Å². The number of phosphoric ester groups is 1. The summed E-state index contributed by atoms with van der Waals surface area (Å²) >= 11 is 0. The number of hydrogen-bond acceptors (Lipinski definition) is 4. The molecule has 0 heterocycles. The molecule has 29 heavy (non-hydrogen) atoms. The first-order valence-electron chi connectivity index (χ1n) is 12.4. The molecule has 1 N–H and O–H groups in total. The molecule has 0 aromatic heterocycles. The summed E-state index contributed by atoms with van der Waals surface area (Å²) in [6.45, 7) is 9.90. The molecule has 1 atom stereocenters. The summed E-state index contributed by atoms with van der Waals surface area (Å²) in [7, 11) is -3.91. The van der Waals surface area contributed by atoms with Crippen LogP contribution in [-0.2, 0) is 13.6 Å². The molecule has 0 aromatic rings. The molecule has 0 rings (SSSR count). The van der Waals surface area contributed by atoms with Crippen molar-refractivity contribution < 1.29 is 18.5 Å². The maximum Gasteiger partial charge on any atom is 0.472 e. The minimum atomic E-state index is -3.91. The number of rotatable bonds is 23. The van der Waals surface area contributed by atoms with Gasteiger partial charge < -0.3 is 9.79 Å². The molecule has 0 radical (unpaired) electrons. The van der Waals surface area contributed by atoms with Crippen LogP contribution in [0, 0.1) is 0 Å². The lowest BCUT2D eigenvalue weighted by Gasteiger charge is -2.22. The topological polar surface area (TPSA) is 59.0 Å². The second-order valence-corrected chi connectivity index (χ2v) is 9.67. The van der Waals surface area contributed by atoms with Crippen LogP contribution in [-0.4, -0.2) is 42.6 Å². The van der Waals surface area contributed by atoms with Crippen molar-refractivity contribution in [2.45, 2.75) is 117 Å². The second-order valence-electron chi connectivity index (χ2n) is 8.22. The first-order valence-corrected chi connectivity index (χ1v) is 13.9. The molecule has 0 aliphatic carbocycles. The molecule has 0 saturated carbocycles. The molecule has 0 aromatic carbocycles. The smallest absolute Gasteiger partial charge is 0.302 e. The fourth-order valence-corrected chi connectivity index (χ4v) is 4.11. The predicted molar refractivity (Wildman–Crippen MR) is 124 cm³/mol. The summed E-state index contributed by atoms with van der Waals surface area (Å²) < 4.78 is 22.3. The van der Waals surface area contributed by atoms with Crippen molar-refractivity contribution in [1.29, 1.82) is 0 Å². The summed E-state index contributed by atoms with van der Waals surface area (Å²) in [5.74, 6) is 0. The van der Waals surface area contributed by atoms with Crippen LogP contribution in [0.2, 0.25) is 0 Å². The molecule has 0 bridgehead atoms. The quantitative estimate of drug-likeness (QED) is 0.134. The van der Waals surface area contributed by atoms with E-state index < -0.39 is 7.82 Å². The Morgan fingerprint density at radius 1 is 0.586 bits per heavy atom. The molecule has 0 aliphatic heterocycles. The Morgan fingerprint density at radius 3 is 1.48 bits per heavy atom. The molecular formula is C23H50NO4P. The molecule has 176 valence electrons. The molecule has 6 heteroatoms. The third-order valence-corrected chi connectivity index (χ3v) is 6.34. The fraction of sp³-hybridized carbons (Fsp3) is 1.00. The van der Waals surface area contributed by atoms with E-state index >= 15 is 0 Å². The third kappa shape index (κ3) is 21.1. The van der Waals surface area contributed by atoms with Crippen LogP contribution in [0.1, 0.15) is 117 Å². The minimum absolute atomic E-state index is 0.249. The summed E-state index contributed by atoms with van der Waals surface area (Å²) in [4.78, 5) is 12.1. The monoisotopic (exact) mass is 435 g/mol. The standard InChI is InChI=1S/C23H50NO4P/c1-4-7-10-11-12-13-14-15-16-17-18-22-27-29(25,26)28-23-21-24(19-8-5-2)20-9-6-3/h4-23H2,1-3H3,(H,25,26). The lowest BCUT2D eigenvalue weighted by atomic mass is 10.1. The Morgan fingerprint density at radius 2 is 1.00 bits per heavy atom. The van der Waals surface area contributed by atoms with Crippen LogP contribution < -0.4 is 0 Å². The Hall–Kier alpha value is 0.0700. The maximum atomic E-state index is 12.0. The Bertz CT molecular complexity index is 374. The van der Waals surface area contributed by atoms with E-state index in [1.165, 1.54) is 57.8 Å². The molecule has 0 aliphatic rings. The summed E-state index contributed by atoms with van der Waals surface area (Å²) in [5, 5.41) is 0. The van der Waals surface area contributed by atoms with Crippen LogP contribution in [0.4, 0.5) is 0 Å². The van der Waals surface area contributed by atoms with Crippen molar-refractivity contribution in [1.82, 2.24) is 4.90 Å². The van der Waals surface area contributed by atoms with Gasteiger partial charge in [0.2, 0.25) is 0 Å². The van der Waals surface area contributed by atoms with Gasteiger partial charge in [-0.2, -0.15) is 0 Å². The van der Waals surface area contributed by atoms with Gasteiger partial charge in [-0.05, 0) is 32.4 Å². The largest absolute Gasteiger partial charge is 0.472 e. The first kappa shape index (κ1) is 29.1. The van der Waals surface area contributed by atoms with E-state index in [-0.39, 0.29) is 6.61 Å². The predicted octanol–water partition coefficient (Wildman–Crippen LogP) is 7.33. The van der Waals surface area contributed by atoms with Crippen LogP contribution in [0.15, 0.2) is 0 Å². The van der Waals surface area contributed by atoms with Gasteiger partial charge in [-0.1, -0.05) is 97.8 Å². The lowest BCUT2D eigenvalue weighted by Crippen LogP contribution is -2.29. The average molecular weight is 436 g/mol.